The predicted octanol–water partition coefficient (Wildman–Crippen LogP) is 3.25. The van der Waals surface area contributed by atoms with E-state index in [0.717, 1.165) is 17.0 Å². The zero-order chi connectivity index (χ0) is 15.5. The van der Waals surface area contributed by atoms with Crippen LogP contribution in [0.4, 0.5) is 4.79 Å². The highest BCUT2D eigenvalue weighted by molar-refractivity contribution is 5.74. The van der Waals surface area contributed by atoms with Crippen LogP contribution < -0.4 is 10.6 Å². The topological polar surface area (TPSA) is 67.2 Å². The van der Waals surface area contributed by atoms with Gasteiger partial charge in [-0.05, 0) is 27.7 Å². The van der Waals surface area contributed by atoms with Gasteiger partial charge in [0.2, 0.25) is 5.89 Å². The zero-order valence-corrected chi connectivity index (χ0v) is 12.9. The van der Waals surface area contributed by atoms with Crippen molar-refractivity contribution in [1.29, 1.82) is 0 Å². The summed E-state index contributed by atoms with van der Waals surface area (Å²) in [5, 5.41) is 5.56. The van der Waals surface area contributed by atoms with Crippen LogP contribution >= 0.6 is 0 Å². The summed E-state index contributed by atoms with van der Waals surface area (Å²) in [6.07, 6.45) is 0. The van der Waals surface area contributed by atoms with Crippen molar-refractivity contribution >= 4 is 6.03 Å². The Morgan fingerprint density at radius 3 is 2.52 bits per heavy atom. The minimum Gasteiger partial charge on any atom is -0.443 e. The Morgan fingerprint density at radius 2 is 1.90 bits per heavy atom. The molecule has 0 bridgehead atoms. The predicted molar refractivity (Wildman–Crippen MR) is 81.8 cm³/mol. The summed E-state index contributed by atoms with van der Waals surface area (Å²) in [6.45, 7) is 7.91. The molecule has 0 spiro atoms. The van der Waals surface area contributed by atoms with Crippen molar-refractivity contribution in [3.8, 4) is 11.3 Å². The fourth-order valence-electron chi connectivity index (χ4n) is 1.93. The molecule has 1 aromatic carbocycles. The van der Waals surface area contributed by atoms with E-state index in [1.54, 1.807) is 0 Å². The number of aromatic nitrogens is 1. The van der Waals surface area contributed by atoms with E-state index in [4.69, 9.17) is 4.42 Å². The molecule has 0 saturated carbocycles. The number of oxazole rings is 1. The van der Waals surface area contributed by atoms with E-state index in [0.29, 0.717) is 5.89 Å². The average molecular weight is 287 g/mol. The van der Waals surface area contributed by atoms with Crippen LogP contribution in [0.3, 0.4) is 0 Å². The fourth-order valence-corrected chi connectivity index (χ4v) is 1.93. The largest absolute Gasteiger partial charge is 0.443 e. The van der Waals surface area contributed by atoms with E-state index in [1.165, 1.54) is 0 Å². The molecular formula is C16H21N3O2. The van der Waals surface area contributed by atoms with Crippen molar-refractivity contribution < 1.29 is 9.21 Å². The molecule has 5 nitrogen and oxygen atoms in total. The van der Waals surface area contributed by atoms with Gasteiger partial charge in [0, 0.05) is 11.1 Å². The molecule has 21 heavy (non-hydrogen) atoms. The Balaban J connectivity index is 2.02. The van der Waals surface area contributed by atoms with Gasteiger partial charge in [0.25, 0.3) is 0 Å². The maximum Gasteiger partial charge on any atom is 0.315 e. The molecular weight excluding hydrogens is 266 g/mol. The van der Waals surface area contributed by atoms with E-state index >= 15 is 0 Å². The molecule has 2 amide bonds. The summed E-state index contributed by atoms with van der Waals surface area (Å²) in [6, 6.07) is 9.59. The number of hydrogen-bond donors (Lipinski definition) is 2. The second kappa shape index (κ2) is 5.99. The first-order valence-corrected chi connectivity index (χ1v) is 6.93. The molecule has 0 aliphatic heterocycles. The van der Waals surface area contributed by atoms with Gasteiger partial charge in [-0.25, -0.2) is 9.78 Å². The second-order valence-electron chi connectivity index (χ2n) is 5.94. The van der Waals surface area contributed by atoms with Crippen molar-refractivity contribution in [3.63, 3.8) is 0 Å². The van der Waals surface area contributed by atoms with E-state index in [1.807, 2.05) is 58.0 Å². The molecule has 0 saturated heterocycles. The fraction of sp³-hybridized carbons (Fsp3) is 0.375. The number of urea groups is 1. The Morgan fingerprint density at radius 1 is 1.24 bits per heavy atom. The first-order valence-electron chi connectivity index (χ1n) is 6.93. The summed E-state index contributed by atoms with van der Waals surface area (Å²) in [5.74, 6) is 1.24. The number of carbonyl (C=O) groups excluding carboxylic acids is 1. The van der Waals surface area contributed by atoms with Crippen LogP contribution in [0.25, 0.3) is 11.3 Å². The number of hydrogen-bond acceptors (Lipinski definition) is 3. The first kappa shape index (κ1) is 15.1. The van der Waals surface area contributed by atoms with Gasteiger partial charge in [0.05, 0.1) is 6.54 Å². The quantitative estimate of drug-likeness (QED) is 0.910. The molecule has 2 N–H and O–H groups in total. The smallest absolute Gasteiger partial charge is 0.315 e. The van der Waals surface area contributed by atoms with Gasteiger partial charge in [-0.15, -0.1) is 0 Å². The molecule has 0 aliphatic carbocycles. The molecule has 5 heteroatoms. The van der Waals surface area contributed by atoms with Gasteiger partial charge in [0.1, 0.15) is 11.5 Å². The summed E-state index contributed by atoms with van der Waals surface area (Å²) in [4.78, 5) is 16.1. The molecule has 0 aliphatic rings. The number of rotatable bonds is 3. The normalized spacial score (nSPS) is 11.2. The molecule has 2 aromatic rings. The Bertz CT molecular complexity index is 612. The summed E-state index contributed by atoms with van der Waals surface area (Å²) >= 11 is 0. The number of amides is 2. The number of carbonyl (C=O) groups is 1. The van der Waals surface area contributed by atoms with Crippen LogP contribution in [0, 0.1) is 6.92 Å². The SMILES string of the molecule is Cc1oc(CNC(=O)NC(C)(C)C)nc1-c1ccccc1. The van der Waals surface area contributed by atoms with E-state index in [-0.39, 0.29) is 18.1 Å². The lowest BCUT2D eigenvalue weighted by atomic mass is 10.1. The Kier molecular flexibility index (Phi) is 4.31. The molecule has 1 heterocycles. The van der Waals surface area contributed by atoms with Crippen LogP contribution in [0.15, 0.2) is 34.7 Å². The molecule has 0 atom stereocenters. The Labute approximate surface area is 124 Å². The highest BCUT2D eigenvalue weighted by Gasteiger charge is 2.15. The van der Waals surface area contributed by atoms with Gasteiger partial charge in [-0.3, -0.25) is 0 Å². The molecule has 2 rings (SSSR count). The number of aryl methyl sites for hydroxylation is 1. The lowest BCUT2D eigenvalue weighted by Gasteiger charge is -2.20. The highest BCUT2D eigenvalue weighted by atomic mass is 16.4. The van der Waals surface area contributed by atoms with Crippen LogP contribution in [0.5, 0.6) is 0 Å². The summed E-state index contributed by atoms with van der Waals surface area (Å²) in [7, 11) is 0. The zero-order valence-electron chi connectivity index (χ0n) is 12.9. The molecule has 0 fully saturated rings. The van der Waals surface area contributed by atoms with Crippen molar-refractivity contribution in [1.82, 2.24) is 15.6 Å². The lowest BCUT2D eigenvalue weighted by Crippen LogP contribution is -2.46. The number of nitrogens with zero attached hydrogens (tertiary/aromatic N) is 1. The van der Waals surface area contributed by atoms with Crippen LogP contribution in [0.2, 0.25) is 0 Å². The van der Waals surface area contributed by atoms with Crippen molar-refractivity contribution in [2.75, 3.05) is 0 Å². The molecule has 1 aromatic heterocycles. The lowest BCUT2D eigenvalue weighted by molar-refractivity contribution is 0.230. The standard InChI is InChI=1S/C16H21N3O2/c1-11-14(12-8-6-5-7-9-12)18-13(21-11)10-17-15(20)19-16(2,3)4/h5-9H,10H2,1-4H3,(H2,17,19,20). The van der Waals surface area contributed by atoms with Crippen molar-refractivity contribution in [3.05, 3.63) is 42.0 Å². The maximum absolute atomic E-state index is 11.7. The van der Waals surface area contributed by atoms with Crippen LogP contribution in [-0.4, -0.2) is 16.6 Å². The third-order valence-corrected chi connectivity index (χ3v) is 2.78. The van der Waals surface area contributed by atoms with E-state index in [9.17, 15) is 4.79 Å². The molecule has 0 radical (unpaired) electrons. The summed E-state index contributed by atoms with van der Waals surface area (Å²) < 4.78 is 5.60. The third-order valence-electron chi connectivity index (χ3n) is 2.78. The minimum absolute atomic E-state index is 0.236. The van der Waals surface area contributed by atoms with Gasteiger partial charge in [-0.2, -0.15) is 0 Å². The third kappa shape index (κ3) is 4.34. The van der Waals surface area contributed by atoms with E-state index < -0.39 is 0 Å². The van der Waals surface area contributed by atoms with Gasteiger partial charge < -0.3 is 15.1 Å². The maximum atomic E-state index is 11.7. The minimum atomic E-state index is -0.272. The van der Waals surface area contributed by atoms with E-state index in [2.05, 4.69) is 15.6 Å². The van der Waals surface area contributed by atoms with Crippen LogP contribution in [0.1, 0.15) is 32.4 Å². The van der Waals surface area contributed by atoms with Gasteiger partial charge in [-0.1, -0.05) is 30.3 Å². The number of nitrogens with one attached hydrogen (secondary N) is 2. The molecule has 112 valence electrons. The average Bonchev–Trinajstić information content (AvgIpc) is 2.77. The van der Waals surface area contributed by atoms with Gasteiger partial charge in [0.15, 0.2) is 0 Å². The second-order valence-corrected chi connectivity index (χ2v) is 5.94. The first-order chi connectivity index (χ1) is 9.85. The Hall–Kier alpha value is -2.30. The molecule has 0 unspecified atom stereocenters. The van der Waals surface area contributed by atoms with Crippen LogP contribution in [-0.2, 0) is 6.54 Å². The van der Waals surface area contributed by atoms with Crippen molar-refractivity contribution in [2.45, 2.75) is 39.8 Å². The van der Waals surface area contributed by atoms with Crippen molar-refractivity contribution in [2.24, 2.45) is 0 Å². The monoisotopic (exact) mass is 287 g/mol. The highest BCUT2D eigenvalue weighted by Crippen LogP contribution is 2.22. The van der Waals surface area contributed by atoms with Gasteiger partial charge >= 0.3 is 6.03 Å². The summed E-state index contributed by atoms with van der Waals surface area (Å²) in [5.41, 5.74) is 1.54. The number of benzene rings is 1.